The lowest BCUT2D eigenvalue weighted by molar-refractivity contribution is -0.171. The van der Waals surface area contributed by atoms with Crippen LogP contribution in [0.3, 0.4) is 0 Å². The Morgan fingerprint density at radius 1 is 1.07 bits per heavy atom. The summed E-state index contributed by atoms with van der Waals surface area (Å²) in [4.78, 5) is 1.74. The molecule has 0 aromatic heterocycles. The van der Waals surface area contributed by atoms with Crippen molar-refractivity contribution in [3.05, 3.63) is 65.7 Å². The zero-order chi connectivity index (χ0) is 21.3. The highest BCUT2D eigenvalue weighted by Crippen LogP contribution is 2.40. The maximum Gasteiger partial charge on any atom is 0.266 e. The van der Waals surface area contributed by atoms with E-state index in [1.807, 2.05) is 30.3 Å². The molecule has 29 heavy (non-hydrogen) atoms. The van der Waals surface area contributed by atoms with E-state index in [2.05, 4.69) is 0 Å². The van der Waals surface area contributed by atoms with Gasteiger partial charge in [0.25, 0.3) is 10.1 Å². The molecule has 7 nitrogen and oxygen atoms in total. The first-order chi connectivity index (χ1) is 13.5. The van der Waals surface area contributed by atoms with E-state index in [0.29, 0.717) is 31.5 Å². The molecule has 0 bridgehead atoms. The Morgan fingerprint density at radius 3 is 2.14 bits per heavy atom. The molecule has 158 valence electrons. The minimum Gasteiger partial charge on any atom is -0.508 e. The van der Waals surface area contributed by atoms with Crippen LogP contribution < -0.4 is 0 Å². The van der Waals surface area contributed by atoms with Crippen molar-refractivity contribution >= 4 is 10.1 Å². The largest absolute Gasteiger partial charge is 0.508 e. The van der Waals surface area contributed by atoms with Gasteiger partial charge in [-0.05, 0) is 43.0 Å². The molecule has 2 aromatic carbocycles. The standard InChI is InChI=1S/C21H27NO6S/c1-20(28-29(2,26)27,19(24)16-8-10-18(23)11-9-16)22-14-12-21(25,13-15-22)17-6-4-3-5-7-17/h3-11,19,23-25H,12-15H2,1-2H3/t19-,20+/m0/s1. The predicted molar refractivity (Wildman–Crippen MR) is 109 cm³/mol. The van der Waals surface area contributed by atoms with Crippen molar-refractivity contribution in [3.63, 3.8) is 0 Å². The molecule has 2 aromatic rings. The molecule has 1 aliphatic heterocycles. The molecule has 0 unspecified atom stereocenters. The molecule has 1 saturated heterocycles. The molecule has 0 amide bonds. The van der Waals surface area contributed by atoms with Crippen molar-refractivity contribution in [2.75, 3.05) is 19.3 Å². The summed E-state index contributed by atoms with van der Waals surface area (Å²) in [7, 11) is -3.89. The molecule has 1 heterocycles. The van der Waals surface area contributed by atoms with Gasteiger partial charge in [-0.2, -0.15) is 8.42 Å². The van der Waals surface area contributed by atoms with Crippen LogP contribution >= 0.6 is 0 Å². The molecule has 0 radical (unpaired) electrons. The zero-order valence-corrected chi connectivity index (χ0v) is 17.3. The number of rotatable bonds is 6. The Morgan fingerprint density at radius 2 is 1.62 bits per heavy atom. The highest BCUT2D eigenvalue weighted by Gasteiger charge is 2.47. The van der Waals surface area contributed by atoms with Gasteiger partial charge in [0.1, 0.15) is 11.9 Å². The van der Waals surface area contributed by atoms with Crippen LogP contribution in [0.25, 0.3) is 0 Å². The summed E-state index contributed by atoms with van der Waals surface area (Å²) in [5, 5.41) is 31.6. The van der Waals surface area contributed by atoms with Gasteiger partial charge in [-0.3, -0.25) is 4.90 Å². The van der Waals surface area contributed by atoms with E-state index in [4.69, 9.17) is 4.18 Å². The molecule has 0 aliphatic carbocycles. The monoisotopic (exact) mass is 421 g/mol. The highest BCUT2D eigenvalue weighted by atomic mass is 32.2. The van der Waals surface area contributed by atoms with Crippen LogP contribution in [0.4, 0.5) is 0 Å². The lowest BCUT2D eigenvalue weighted by Gasteiger charge is -2.48. The molecule has 0 saturated carbocycles. The Balaban J connectivity index is 1.87. The Bertz CT molecular complexity index is 923. The van der Waals surface area contributed by atoms with Crippen molar-refractivity contribution in [1.82, 2.24) is 4.90 Å². The summed E-state index contributed by atoms with van der Waals surface area (Å²) < 4.78 is 29.3. The van der Waals surface area contributed by atoms with Crippen LogP contribution in [-0.2, 0) is 19.9 Å². The van der Waals surface area contributed by atoms with Crippen LogP contribution in [0.1, 0.15) is 37.0 Å². The van der Waals surface area contributed by atoms with E-state index in [9.17, 15) is 23.7 Å². The van der Waals surface area contributed by atoms with Gasteiger partial charge in [0.05, 0.1) is 11.9 Å². The van der Waals surface area contributed by atoms with Gasteiger partial charge in [0.15, 0.2) is 5.72 Å². The average Bonchev–Trinajstić information content (AvgIpc) is 2.68. The summed E-state index contributed by atoms with van der Waals surface area (Å²) in [5.41, 5.74) is -1.36. The minimum absolute atomic E-state index is 0.0394. The van der Waals surface area contributed by atoms with Crippen molar-refractivity contribution in [3.8, 4) is 5.75 Å². The number of aliphatic hydroxyl groups excluding tert-OH is 1. The van der Waals surface area contributed by atoms with Crippen LogP contribution in [0.2, 0.25) is 0 Å². The van der Waals surface area contributed by atoms with E-state index in [1.54, 1.807) is 4.90 Å². The molecular weight excluding hydrogens is 394 g/mol. The van der Waals surface area contributed by atoms with Crippen molar-refractivity contribution in [2.45, 2.75) is 37.2 Å². The highest BCUT2D eigenvalue weighted by molar-refractivity contribution is 7.86. The fraction of sp³-hybridized carbons (Fsp3) is 0.429. The summed E-state index contributed by atoms with van der Waals surface area (Å²) in [6, 6.07) is 15.2. The van der Waals surface area contributed by atoms with Crippen LogP contribution in [-0.4, -0.2) is 53.7 Å². The predicted octanol–water partition coefficient (Wildman–Crippen LogP) is 2.10. The number of piperidine rings is 1. The second-order valence-corrected chi connectivity index (χ2v) is 9.30. The second-order valence-electron chi connectivity index (χ2n) is 7.72. The number of aliphatic hydroxyl groups is 2. The fourth-order valence-electron chi connectivity index (χ4n) is 3.90. The number of aromatic hydroxyl groups is 1. The first-order valence-corrected chi connectivity index (χ1v) is 11.3. The first kappa shape index (κ1) is 21.7. The van der Waals surface area contributed by atoms with Gasteiger partial charge < -0.3 is 15.3 Å². The normalized spacial score (nSPS) is 20.7. The first-order valence-electron chi connectivity index (χ1n) is 9.44. The molecule has 3 rings (SSSR count). The number of likely N-dealkylation sites (tertiary alicyclic amines) is 1. The number of phenols is 1. The molecule has 8 heteroatoms. The number of benzene rings is 2. The average molecular weight is 422 g/mol. The van der Waals surface area contributed by atoms with Crippen LogP contribution in [0, 0.1) is 0 Å². The Hall–Kier alpha value is -1.97. The maximum atomic E-state index is 12.0. The maximum absolute atomic E-state index is 12.0. The van der Waals surface area contributed by atoms with Gasteiger partial charge in [-0.1, -0.05) is 42.5 Å². The minimum atomic E-state index is -3.89. The third-order valence-corrected chi connectivity index (χ3v) is 6.21. The van der Waals surface area contributed by atoms with Crippen LogP contribution in [0.5, 0.6) is 5.75 Å². The van der Waals surface area contributed by atoms with Gasteiger partial charge in [0, 0.05) is 13.1 Å². The van der Waals surface area contributed by atoms with E-state index < -0.39 is 27.5 Å². The topological polar surface area (TPSA) is 107 Å². The van der Waals surface area contributed by atoms with Crippen LogP contribution in [0.15, 0.2) is 54.6 Å². The number of hydrogen-bond acceptors (Lipinski definition) is 7. The number of phenolic OH excluding ortho intramolecular Hbond substituents is 1. The molecule has 3 N–H and O–H groups in total. The Labute approximate surface area is 171 Å². The SMILES string of the molecule is C[C@@](OS(C)(=O)=O)([C@@H](O)c1ccc(O)cc1)N1CCC(O)(c2ccccc2)CC1. The summed E-state index contributed by atoms with van der Waals surface area (Å²) in [6.07, 6.45) is 0.379. The van der Waals surface area contributed by atoms with Crippen molar-refractivity contribution in [1.29, 1.82) is 0 Å². The van der Waals surface area contributed by atoms with Crippen molar-refractivity contribution in [2.24, 2.45) is 0 Å². The van der Waals surface area contributed by atoms with E-state index in [0.717, 1.165) is 11.8 Å². The fourth-order valence-corrected chi connectivity index (χ4v) is 4.71. The van der Waals surface area contributed by atoms with Gasteiger partial charge in [-0.15, -0.1) is 0 Å². The van der Waals surface area contributed by atoms with Crippen molar-refractivity contribution < 1.29 is 27.9 Å². The van der Waals surface area contributed by atoms with E-state index in [1.165, 1.54) is 31.2 Å². The quantitative estimate of drug-likeness (QED) is 0.613. The second kappa shape index (κ2) is 8.04. The summed E-state index contributed by atoms with van der Waals surface area (Å²) >= 11 is 0. The lowest BCUT2D eigenvalue weighted by atomic mass is 9.83. The smallest absolute Gasteiger partial charge is 0.266 e. The Kier molecular flexibility index (Phi) is 6.03. The molecule has 1 aliphatic rings. The third kappa shape index (κ3) is 4.79. The van der Waals surface area contributed by atoms with E-state index in [-0.39, 0.29) is 5.75 Å². The zero-order valence-electron chi connectivity index (χ0n) is 16.5. The summed E-state index contributed by atoms with van der Waals surface area (Å²) in [5.74, 6) is 0.0394. The number of nitrogens with zero attached hydrogens (tertiary/aromatic N) is 1. The molecule has 1 fully saturated rings. The molecular formula is C21H27NO6S. The lowest BCUT2D eigenvalue weighted by Crippen LogP contribution is -2.58. The van der Waals surface area contributed by atoms with Gasteiger partial charge >= 0.3 is 0 Å². The summed E-state index contributed by atoms with van der Waals surface area (Å²) in [6.45, 7) is 2.18. The van der Waals surface area contributed by atoms with E-state index >= 15 is 0 Å². The number of hydrogen-bond donors (Lipinski definition) is 3. The third-order valence-electron chi connectivity index (χ3n) is 5.57. The molecule has 2 atom stereocenters. The van der Waals surface area contributed by atoms with Gasteiger partial charge in [0.2, 0.25) is 0 Å². The molecule has 0 spiro atoms. The van der Waals surface area contributed by atoms with Gasteiger partial charge in [-0.25, -0.2) is 4.18 Å².